The van der Waals surface area contributed by atoms with Crippen molar-refractivity contribution in [3.63, 3.8) is 0 Å². The van der Waals surface area contributed by atoms with Gasteiger partial charge in [0.25, 0.3) is 0 Å². The summed E-state index contributed by atoms with van der Waals surface area (Å²) in [7, 11) is -3.13. The van der Waals surface area contributed by atoms with Gasteiger partial charge in [-0.05, 0) is 44.7 Å². The molecule has 9 nitrogen and oxygen atoms in total. The number of alkyl halides is 3. The van der Waals surface area contributed by atoms with E-state index in [1.54, 1.807) is 9.21 Å². The van der Waals surface area contributed by atoms with E-state index < -0.39 is 27.8 Å². The van der Waals surface area contributed by atoms with Crippen LogP contribution in [0, 0.1) is 6.92 Å². The topological polar surface area (TPSA) is 117 Å². The molecule has 0 radical (unpaired) electrons. The van der Waals surface area contributed by atoms with E-state index in [9.17, 15) is 26.4 Å². The smallest absolute Gasteiger partial charge is 0.475 e. The maximum absolute atomic E-state index is 12.4. The molecular weight excluding hydrogens is 467 g/mol. The predicted molar refractivity (Wildman–Crippen MR) is 110 cm³/mol. The Kier molecular flexibility index (Phi) is 7.34. The number of rotatable bonds is 4. The number of aromatic nitrogens is 1. The summed E-state index contributed by atoms with van der Waals surface area (Å²) in [5, 5.41) is 6.95. The van der Waals surface area contributed by atoms with E-state index >= 15 is 0 Å². The standard InChI is InChI=1S/C18H25N3O4S.C2HF3O2/c1-14-3-2-4-15(19-14)11-20-13-18(25-12-17(20)22)7-9-21(10-8-18)26(23,24)16-5-6-16;3-2(4,5)1(6)7/h2-4,16H,5-13H2,1H3;(H,6,7). The van der Waals surface area contributed by atoms with E-state index in [-0.39, 0.29) is 17.8 Å². The molecule has 1 amide bonds. The molecule has 3 heterocycles. The van der Waals surface area contributed by atoms with Crippen molar-refractivity contribution in [1.82, 2.24) is 14.2 Å². The summed E-state index contributed by atoms with van der Waals surface area (Å²) in [6, 6.07) is 5.80. The predicted octanol–water partition coefficient (Wildman–Crippen LogP) is 1.71. The lowest BCUT2D eigenvalue weighted by molar-refractivity contribution is -0.192. The molecular formula is C20H26F3N3O6S. The number of carboxylic acid groups (broad SMARTS) is 1. The van der Waals surface area contributed by atoms with Gasteiger partial charge in [-0.3, -0.25) is 9.78 Å². The number of amides is 1. The number of halogens is 3. The Labute approximate surface area is 189 Å². The summed E-state index contributed by atoms with van der Waals surface area (Å²) in [6.45, 7) is 3.91. The van der Waals surface area contributed by atoms with Crippen molar-refractivity contribution in [2.24, 2.45) is 0 Å². The van der Waals surface area contributed by atoms with Crippen LogP contribution in [0.1, 0.15) is 37.1 Å². The molecule has 1 aliphatic carbocycles. The van der Waals surface area contributed by atoms with E-state index in [0.29, 0.717) is 39.0 Å². The second-order valence-electron chi connectivity index (χ2n) is 8.44. The maximum Gasteiger partial charge on any atom is 0.490 e. The Bertz CT molecular complexity index is 989. The van der Waals surface area contributed by atoms with E-state index in [1.807, 2.05) is 25.1 Å². The third-order valence-electron chi connectivity index (χ3n) is 5.81. The average Bonchev–Trinajstić information content (AvgIpc) is 3.57. The molecule has 4 rings (SSSR count). The summed E-state index contributed by atoms with van der Waals surface area (Å²) in [4.78, 5) is 27.5. The third kappa shape index (κ3) is 6.42. The molecule has 1 spiro atoms. The molecule has 0 unspecified atom stereocenters. The van der Waals surface area contributed by atoms with Crippen molar-refractivity contribution in [3.8, 4) is 0 Å². The Morgan fingerprint density at radius 3 is 2.39 bits per heavy atom. The number of pyridine rings is 1. The van der Waals surface area contributed by atoms with Crippen LogP contribution in [0.2, 0.25) is 0 Å². The SMILES string of the molecule is Cc1cccc(CN2CC3(CCN(S(=O)(=O)C4CC4)CC3)OCC2=O)n1.O=C(O)C(F)(F)F. The van der Waals surface area contributed by atoms with Crippen LogP contribution in [0.15, 0.2) is 18.2 Å². The highest BCUT2D eigenvalue weighted by atomic mass is 32.2. The van der Waals surface area contributed by atoms with Gasteiger partial charge in [0.2, 0.25) is 15.9 Å². The number of aliphatic carboxylic acids is 1. The number of nitrogens with zero attached hydrogens (tertiary/aromatic N) is 3. The van der Waals surface area contributed by atoms with Crippen LogP contribution >= 0.6 is 0 Å². The first-order valence-corrected chi connectivity index (χ1v) is 12.0. The molecule has 1 saturated carbocycles. The fourth-order valence-electron chi connectivity index (χ4n) is 3.84. The molecule has 3 aliphatic rings. The third-order valence-corrected chi connectivity index (χ3v) is 8.21. The molecule has 1 aromatic rings. The van der Waals surface area contributed by atoms with Gasteiger partial charge in [0.05, 0.1) is 29.6 Å². The summed E-state index contributed by atoms with van der Waals surface area (Å²) in [6.07, 6.45) is -2.26. The van der Waals surface area contributed by atoms with Crippen LogP contribution in [-0.4, -0.2) is 82.9 Å². The average molecular weight is 494 g/mol. The van der Waals surface area contributed by atoms with Crippen molar-refractivity contribution in [3.05, 3.63) is 29.6 Å². The number of carbonyl (C=O) groups is 2. The van der Waals surface area contributed by atoms with Crippen LogP contribution in [-0.2, 0) is 30.9 Å². The molecule has 1 aromatic heterocycles. The molecule has 1 N–H and O–H groups in total. The van der Waals surface area contributed by atoms with Crippen LogP contribution in [0.5, 0.6) is 0 Å². The van der Waals surface area contributed by atoms with E-state index in [0.717, 1.165) is 24.2 Å². The minimum atomic E-state index is -5.08. The van der Waals surface area contributed by atoms with Crippen molar-refractivity contribution in [1.29, 1.82) is 0 Å². The van der Waals surface area contributed by atoms with Gasteiger partial charge in [0, 0.05) is 18.8 Å². The summed E-state index contributed by atoms with van der Waals surface area (Å²) in [5.41, 5.74) is 1.36. The van der Waals surface area contributed by atoms with E-state index in [2.05, 4.69) is 4.98 Å². The van der Waals surface area contributed by atoms with Gasteiger partial charge in [-0.15, -0.1) is 0 Å². The number of carbonyl (C=O) groups excluding carboxylic acids is 1. The Balaban J connectivity index is 0.000000383. The van der Waals surface area contributed by atoms with E-state index in [4.69, 9.17) is 14.6 Å². The summed E-state index contributed by atoms with van der Waals surface area (Å²) in [5.74, 6) is -2.79. The van der Waals surface area contributed by atoms with Gasteiger partial charge in [-0.1, -0.05) is 6.07 Å². The van der Waals surface area contributed by atoms with E-state index in [1.165, 1.54) is 0 Å². The molecule has 33 heavy (non-hydrogen) atoms. The van der Waals surface area contributed by atoms with Crippen LogP contribution in [0.4, 0.5) is 13.2 Å². The lowest BCUT2D eigenvalue weighted by Gasteiger charge is -2.46. The molecule has 0 bridgehead atoms. The van der Waals surface area contributed by atoms with Gasteiger partial charge in [0.15, 0.2) is 0 Å². The van der Waals surface area contributed by atoms with Crippen LogP contribution in [0.3, 0.4) is 0 Å². The van der Waals surface area contributed by atoms with Crippen molar-refractivity contribution < 1.29 is 41.0 Å². The van der Waals surface area contributed by atoms with Gasteiger partial charge in [0.1, 0.15) is 6.61 Å². The van der Waals surface area contributed by atoms with Crippen molar-refractivity contribution in [2.45, 2.75) is 56.2 Å². The molecule has 3 fully saturated rings. The highest BCUT2D eigenvalue weighted by Gasteiger charge is 2.47. The number of morpholine rings is 1. The zero-order valence-corrected chi connectivity index (χ0v) is 18.9. The van der Waals surface area contributed by atoms with Crippen molar-refractivity contribution in [2.75, 3.05) is 26.2 Å². The fraction of sp³-hybridized carbons (Fsp3) is 0.650. The van der Waals surface area contributed by atoms with Gasteiger partial charge < -0.3 is 14.7 Å². The fourth-order valence-corrected chi connectivity index (χ4v) is 5.69. The van der Waals surface area contributed by atoms with Crippen LogP contribution in [0.25, 0.3) is 0 Å². The summed E-state index contributed by atoms with van der Waals surface area (Å²) >= 11 is 0. The lowest BCUT2D eigenvalue weighted by Crippen LogP contribution is -2.59. The Morgan fingerprint density at radius 1 is 1.27 bits per heavy atom. The largest absolute Gasteiger partial charge is 0.490 e. The van der Waals surface area contributed by atoms with Gasteiger partial charge in [-0.2, -0.15) is 13.2 Å². The van der Waals surface area contributed by atoms with Crippen molar-refractivity contribution >= 4 is 21.9 Å². The first-order chi connectivity index (χ1) is 15.3. The zero-order chi connectivity index (χ0) is 24.4. The van der Waals surface area contributed by atoms with Crippen LogP contribution < -0.4 is 0 Å². The Hall–Kier alpha value is -2.25. The number of sulfonamides is 1. The first-order valence-electron chi connectivity index (χ1n) is 10.5. The lowest BCUT2D eigenvalue weighted by atomic mass is 9.90. The summed E-state index contributed by atoms with van der Waals surface area (Å²) < 4.78 is 64.1. The van der Waals surface area contributed by atoms with Gasteiger partial charge in [-0.25, -0.2) is 17.5 Å². The number of ether oxygens (including phenoxy) is 1. The van der Waals surface area contributed by atoms with Gasteiger partial charge >= 0.3 is 12.1 Å². The molecule has 2 aliphatic heterocycles. The number of aryl methyl sites for hydroxylation is 1. The zero-order valence-electron chi connectivity index (χ0n) is 18.0. The number of hydrogen-bond donors (Lipinski definition) is 1. The molecule has 0 aromatic carbocycles. The normalized spacial score (nSPS) is 21.5. The monoisotopic (exact) mass is 493 g/mol. The maximum atomic E-state index is 12.4. The molecule has 2 saturated heterocycles. The molecule has 0 atom stereocenters. The Morgan fingerprint density at radius 2 is 1.88 bits per heavy atom. The number of hydrogen-bond acceptors (Lipinski definition) is 6. The quantitative estimate of drug-likeness (QED) is 0.679. The minimum Gasteiger partial charge on any atom is -0.475 e. The first kappa shape index (κ1) is 25.4. The highest BCUT2D eigenvalue weighted by molar-refractivity contribution is 7.90. The highest BCUT2D eigenvalue weighted by Crippen LogP contribution is 2.36. The minimum absolute atomic E-state index is 0.0352. The second kappa shape index (κ2) is 9.55. The second-order valence-corrected chi connectivity index (χ2v) is 10.7. The molecule has 13 heteroatoms. The number of piperidine rings is 1. The molecule has 184 valence electrons. The number of carboxylic acids is 1.